The molecule has 0 fully saturated rings. The summed E-state index contributed by atoms with van der Waals surface area (Å²) in [5.41, 5.74) is 0.0200. The van der Waals surface area contributed by atoms with Crippen LogP contribution >= 0.6 is 11.3 Å². The maximum Gasteiger partial charge on any atom is 0.341 e. The fraction of sp³-hybridized carbons (Fsp3) is 0.100. The molecule has 0 saturated carbocycles. The van der Waals surface area contributed by atoms with Crippen LogP contribution < -0.4 is 4.74 Å². The molecule has 82 valence electrons. The normalized spacial score (nSPS) is 10.0. The first-order valence-corrected chi connectivity index (χ1v) is 5.35. The minimum Gasteiger partial charge on any atom is -0.477 e. The highest BCUT2D eigenvalue weighted by Crippen LogP contribution is 2.16. The van der Waals surface area contributed by atoms with Crippen LogP contribution in [0, 0.1) is 0 Å². The summed E-state index contributed by atoms with van der Waals surface area (Å²) in [5.74, 6) is -1.03. The van der Waals surface area contributed by atoms with E-state index in [1.165, 1.54) is 23.6 Å². The number of aromatic nitrogens is 2. The van der Waals surface area contributed by atoms with Crippen LogP contribution in [-0.4, -0.2) is 21.3 Å². The summed E-state index contributed by atoms with van der Waals surface area (Å²) in [6.07, 6.45) is 1.32. The number of thiophene rings is 1. The van der Waals surface area contributed by atoms with E-state index < -0.39 is 5.97 Å². The van der Waals surface area contributed by atoms with Crippen LogP contribution in [0.25, 0.3) is 0 Å². The summed E-state index contributed by atoms with van der Waals surface area (Å²) >= 11 is 1.54. The van der Waals surface area contributed by atoms with Crippen molar-refractivity contribution in [2.75, 3.05) is 0 Å². The highest BCUT2D eigenvalue weighted by Gasteiger charge is 2.12. The Morgan fingerprint density at radius 2 is 2.38 bits per heavy atom. The van der Waals surface area contributed by atoms with E-state index >= 15 is 0 Å². The molecule has 5 nitrogen and oxygen atoms in total. The SMILES string of the molecule is O=C(O)c1ccnnc1OCc1cccs1. The highest BCUT2D eigenvalue weighted by atomic mass is 32.1. The molecule has 0 unspecified atom stereocenters. The van der Waals surface area contributed by atoms with E-state index in [1.807, 2.05) is 17.5 Å². The van der Waals surface area contributed by atoms with Gasteiger partial charge in [0.2, 0.25) is 5.88 Å². The summed E-state index contributed by atoms with van der Waals surface area (Å²) in [6, 6.07) is 5.17. The molecule has 0 radical (unpaired) electrons. The van der Waals surface area contributed by atoms with Gasteiger partial charge in [-0.25, -0.2) is 4.79 Å². The lowest BCUT2D eigenvalue weighted by molar-refractivity contribution is 0.0690. The molecule has 0 amide bonds. The third-order valence-electron chi connectivity index (χ3n) is 1.85. The Hall–Kier alpha value is -1.95. The maximum atomic E-state index is 10.8. The lowest BCUT2D eigenvalue weighted by Crippen LogP contribution is -2.05. The van der Waals surface area contributed by atoms with Crippen molar-refractivity contribution in [3.05, 3.63) is 40.2 Å². The van der Waals surface area contributed by atoms with Crippen molar-refractivity contribution in [3.63, 3.8) is 0 Å². The second kappa shape index (κ2) is 4.71. The molecule has 16 heavy (non-hydrogen) atoms. The quantitative estimate of drug-likeness (QED) is 0.876. The van der Waals surface area contributed by atoms with Gasteiger partial charge in [-0.05, 0) is 17.5 Å². The second-order valence-corrected chi connectivity index (χ2v) is 3.96. The Labute approximate surface area is 95.3 Å². The first-order valence-electron chi connectivity index (χ1n) is 4.47. The van der Waals surface area contributed by atoms with Crippen molar-refractivity contribution in [1.29, 1.82) is 0 Å². The van der Waals surface area contributed by atoms with Crippen LogP contribution in [0.4, 0.5) is 0 Å². The molecule has 0 aliphatic rings. The van der Waals surface area contributed by atoms with E-state index in [2.05, 4.69) is 10.2 Å². The van der Waals surface area contributed by atoms with Crippen molar-refractivity contribution >= 4 is 17.3 Å². The van der Waals surface area contributed by atoms with Crippen molar-refractivity contribution in [2.24, 2.45) is 0 Å². The van der Waals surface area contributed by atoms with E-state index in [-0.39, 0.29) is 11.4 Å². The Morgan fingerprint density at radius 3 is 3.06 bits per heavy atom. The van der Waals surface area contributed by atoms with E-state index in [0.29, 0.717) is 6.61 Å². The number of carboxylic acids is 1. The molecule has 6 heteroatoms. The molecule has 1 N–H and O–H groups in total. The highest BCUT2D eigenvalue weighted by molar-refractivity contribution is 7.09. The Kier molecular flexibility index (Phi) is 3.11. The second-order valence-electron chi connectivity index (χ2n) is 2.92. The molecule has 2 aromatic rings. The molecule has 0 aliphatic heterocycles. The molecule has 0 saturated heterocycles. The number of carboxylic acid groups (broad SMARTS) is 1. The molecule has 0 bridgehead atoms. The monoisotopic (exact) mass is 236 g/mol. The van der Waals surface area contributed by atoms with Gasteiger partial charge in [-0.15, -0.1) is 16.4 Å². The standard InChI is InChI=1S/C10H8N2O3S/c13-10(14)8-3-4-11-12-9(8)15-6-7-2-1-5-16-7/h1-5H,6H2,(H,13,14). The van der Waals surface area contributed by atoms with Crippen molar-refractivity contribution < 1.29 is 14.6 Å². The summed E-state index contributed by atoms with van der Waals surface area (Å²) < 4.78 is 5.30. The molecule has 2 aromatic heterocycles. The largest absolute Gasteiger partial charge is 0.477 e. The van der Waals surface area contributed by atoms with Gasteiger partial charge < -0.3 is 9.84 Å². The first-order chi connectivity index (χ1) is 7.77. The van der Waals surface area contributed by atoms with Gasteiger partial charge >= 0.3 is 5.97 Å². The third kappa shape index (κ3) is 2.34. The van der Waals surface area contributed by atoms with E-state index in [9.17, 15) is 4.79 Å². The summed E-state index contributed by atoms with van der Waals surface area (Å²) in [5, 5.41) is 18.0. The number of nitrogens with zero attached hydrogens (tertiary/aromatic N) is 2. The fourth-order valence-corrected chi connectivity index (χ4v) is 1.74. The number of hydrogen-bond donors (Lipinski definition) is 1. The van der Waals surface area contributed by atoms with Crippen molar-refractivity contribution in [3.8, 4) is 5.88 Å². The summed E-state index contributed by atoms with van der Waals surface area (Å²) in [4.78, 5) is 11.8. The van der Waals surface area contributed by atoms with Crippen LogP contribution in [0.1, 0.15) is 15.2 Å². The molecule has 0 aliphatic carbocycles. The maximum absolute atomic E-state index is 10.8. The molecule has 2 rings (SSSR count). The van der Waals surface area contributed by atoms with Crippen LogP contribution in [0.2, 0.25) is 0 Å². The Balaban J connectivity index is 2.12. The van der Waals surface area contributed by atoms with Gasteiger partial charge in [0.05, 0.1) is 6.20 Å². The Morgan fingerprint density at radius 1 is 1.50 bits per heavy atom. The topological polar surface area (TPSA) is 72.3 Å². The van der Waals surface area contributed by atoms with Crippen LogP contribution in [0.15, 0.2) is 29.8 Å². The van der Waals surface area contributed by atoms with Crippen LogP contribution in [0.3, 0.4) is 0 Å². The number of rotatable bonds is 4. The van der Waals surface area contributed by atoms with Gasteiger partial charge in [-0.2, -0.15) is 5.10 Å². The average molecular weight is 236 g/mol. The lowest BCUT2D eigenvalue weighted by atomic mass is 10.3. The zero-order valence-corrected chi connectivity index (χ0v) is 8.98. The summed E-state index contributed by atoms with van der Waals surface area (Å²) in [7, 11) is 0. The molecule has 0 atom stereocenters. The average Bonchev–Trinajstić information content (AvgIpc) is 2.79. The van der Waals surface area contributed by atoms with Gasteiger partial charge in [0.15, 0.2) is 0 Å². The molecular formula is C10H8N2O3S. The fourth-order valence-electron chi connectivity index (χ4n) is 1.12. The van der Waals surface area contributed by atoms with E-state index in [1.54, 1.807) is 0 Å². The number of ether oxygens (including phenoxy) is 1. The zero-order chi connectivity index (χ0) is 11.4. The predicted octanol–water partition coefficient (Wildman–Crippen LogP) is 1.82. The van der Waals surface area contributed by atoms with Crippen LogP contribution in [0.5, 0.6) is 5.88 Å². The minimum atomic E-state index is -1.07. The van der Waals surface area contributed by atoms with Crippen molar-refractivity contribution in [1.82, 2.24) is 10.2 Å². The number of carbonyl (C=O) groups is 1. The Bertz CT molecular complexity index is 485. The number of aromatic carboxylic acids is 1. The summed E-state index contributed by atoms with van der Waals surface area (Å²) in [6.45, 7) is 0.302. The van der Waals surface area contributed by atoms with Gasteiger partial charge in [-0.3, -0.25) is 0 Å². The third-order valence-corrected chi connectivity index (χ3v) is 2.70. The van der Waals surface area contributed by atoms with E-state index in [0.717, 1.165) is 4.88 Å². The van der Waals surface area contributed by atoms with E-state index in [4.69, 9.17) is 9.84 Å². The lowest BCUT2D eigenvalue weighted by Gasteiger charge is -2.04. The van der Waals surface area contributed by atoms with Gasteiger partial charge in [0.1, 0.15) is 12.2 Å². The zero-order valence-electron chi connectivity index (χ0n) is 8.16. The van der Waals surface area contributed by atoms with Crippen LogP contribution in [-0.2, 0) is 6.61 Å². The predicted molar refractivity (Wildman–Crippen MR) is 57.6 cm³/mol. The van der Waals surface area contributed by atoms with Gasteiger partial charge in [0, 0.05) is 4.88 Å². The van der Waals surface area contributed by atoms with Gasteiger partial charge in [0.25, 0.3) is 0 Å². The van der Waals surface area contributed by atoms with Crippen molar-refractivity contribution in [2.45, 2.75) is 6.61 Å². The smallest absolute Gasteiger partial charge is 0.341 e. The molecular weight excluding hydrogens is 228 g/mol. The minimum absolute atomic E-state index is 0.0200. The molecule has 0 spiro atoms. The number of hydrogen-bond acceptors (Lipinski definition) is 5. The first kappa shape index (κ1) is 10.6. The molecule has 2 heterocycles. The van der Waals surface area contributed by atoms with Gasteiger partial charge in [-0.1, -0.05) is 6.07 Å². The molecule has 0 aromatic carbocycles.